The number of hydrogen-bond donors (Lipinski definition) is 1. The van der Waals surface area contributed by atoms with Crippen molar-refractivity contribution in [2.45, 2.75) is 11.4 Å². The number of carbonyl (C=O) groups excluding carboxylic acids is 1. The van der Waals surface area contributed by atoms with Gasteiger partial charge in [-0.15, -0.1) is 0 Å². The van der Waals surface area contributed by atoms with Crippen LogP contribution < -0.4 is 10.6 Å². The number of hydrogen-bond acceptors (Lipinski definition) is 6. The Morgan fingerprint density at radius 1 is 1.13 bits per heavy atom. The third-order valence-corrected chi connectivity index (χ3v) is 6.02. The van der Waals surface area contributed by atoms with Gasteiger partial charge in [0.25, 0.3) is 5.91 Å². The fourth-order valence-corrected chi connectivity index (χ4v) is 4.29. The van der Waals surface area contributed by atoms with E-state index in [1.54, 1.807) is 37.5 Å². The highest BCUT2D eigenvalue weighted by molar-refractivity contribution is 7.90. The van der Waals surface area contributed by atoms with Crippen LogP contribution in [-0.2, 0) is 23.4 Å². The molecule has 0 atom stereocenters. The molecule has 2 N–H and O–H groups in total. The summed E-state index contributed by atoms with van der Waals surface area (Å²) >= 11 is 0. The van der Waals surface area contributed by atoms with Crippen molar-refractivity contribution in [3.05, 3.63) is 78.1 Å². The molecule has 8 nitrogen and oxygen atoms in total. The number of nitrogens with zero attached hydrogens (tertiary/aromatic N) is 4. The Bertz CT molecular complexity index is 1400. The van der Waals surface area contributed by atoms with Crippen molar-refractivity contribution in [2.75, 3.05) is 16.9 Å². The molecule has 9 heteroatoms. The van der Waals surface area contributed by atoms with Crippen LogP contribution in [-0.4, -0.2) is 35.3 Å². The van der Waals surface area contributed by atoms with E-state index in [1.807, 2.05) is 24.3 Å². The number of carbonyl (C=O) groups is 1. The Morgan fingerprint density at radius 3 is 2.58 bits per heavy atom. The maximum absolute atomic E-state index is 13.4. The van der Waals surface area contributed by atoms with E-state index < -0.39 is 9.84 Å². The van der Waals surface area contributed by atoms with E-state index >= 15 is 0 Å². The first kappa shape index (κ1) is 20.5. The summed E-state index contributed by atoms with van der Waals surface area (Å²) in [6, 6.07) is 15.7. The zero-order valence-corrected chi connectivity index (χ0v) is 17.9. The van der Waals surface area contributed by atoms with Crippen LogP contribution in [0.3, 0.4) is 0 Å². The minimum absolute atomic E-state index is 0.0791. The lowest BCUT2D eigenvalue weighted by Crippen LogP contribution is -2.31. The zero-order valence-electron chi connectivity index (χ0n) is 17.1. The summed E-state index contributed by atoms with van der Waals surface area (Å²) in [5.41, 5.74) is 7.95. The monoisotopic (exact) mass is 435 g/mol. The number of nitrogen functional groups attached to an aromatic ring is 1. The summed E-state index contributed by atoms with van der Waals surface area (Å²) in [6.45, 7) is 0.146. The molecule has 1 amide bonds. The van der Waals surface area contributed by atoms with Crippen molar-refractivity contribution >= 4 is 38.2 Å². The molecule has 4 rings (SSSR count). The second-order valence-electron chi connectivity index (χ2n) is 7.30. The summed E-state index contributed by atoms with van der Waals surface area (Å²) in [6.07, 6.45) is 4.18. The van der Waals surface area contributed by atoms with E-state index in [0.717, 1.165) is 17.2 Å². The Labute approximate surface area is 179 Å². The molecule has 2 heterocycles. The molecule has 0 unspecified atom stereocenters. The molecule has 0 aliphatic heterocycles. The molecule has 0 spiro atoms. The van der Waals surface area contributed by atoms with E-state index in [9.17, 15) is 13.2 Å². The molecule has 0 aliphatic rings. The van der Waals surface area contributed by atoms with Gasteiger partial charge in [-0.25, -0.2) is 13.4 Å². The van der Waals surface area contributed by atoms with Crippen molar-refractivity contribution < 1.29 is 13.2 Å². The lowest BCUT2D eigenvalue weighted by molar-refractivity contribution is 0.0984. The summed E-state index contributed by atoms with van der Waals surface area (Å²) in [5, 5.41) is 4.99. The van der Waals surface area contributed by atoms with Gasteiger partial charge in [0.05, 0.1) is 34.4 Å². The predicted molar refractivity (Wildman–Crippen MR) is 119 cm³/mol. The largest absolute Gasteiger partial charge is 0.384 e. The Balaban J connectivity index is 1.83. The quantitative estimate of drug-likeness (QED) is 0.516. The van der Waals surface area contributed by atoms with Crippen LogP contribution in [0.1, 0.15) is 15.9 Å². The highest BCUT2D eigenvalue weighted by atomic mass is 32.2. The average molecular weight is 436 g/mol. The Morgan fingerprint density at radius 2 is 1.87 bits per heavy atom. The molecule has 0 saturated heterocycles. The number of pyridine rings is 1. The van der Waals surface area contributed by atoms with E-state index in [4.69, 9.17) is 5.73 Å². The van der Waals surface area contributed by atoms with Crippen molar-refractivity contribution in [1.82, 2.24) is 14.8 Å². The molecule has 0 aliphatic carbocycles. The molecular weight excluding hydrogens is 414 g/mol. The minimum Gasteiger partial charge on any atom is -0.384 e. The van der Waals surface area contributed by atoms with E-state index in [0.29, 0.717) is 22.6 Å². The van der Waals surface area contributed by atoms with Crippen LogP contribution in [0, 0.1) is 0 Å². The van der Waals surface area contributed by atoms with Crippen molar-refractivity contribution in [3.63, 3.8) is 0 Å². The predicted octanol–water partition coefficient (Wildman–Crippen LogP) is 2.80. The molecular formula is C22H21N5O3S. The first-order valence-electron chi connectivity index (χ1n) is 9.47. The highest BCUT2D eigenvalue weighted by Crippen LogP contribution is 2.29. The number of aromatic nitrogens is 3. The number of amides is 1. The van der Waals surface area contributed by atoms with Crippen LogP contribution in [0.25, 0.3) is 10.9 Å². The van der Waals surface area contributed by atoms with Crippen LogP contribution in [0.15, 0.2) is 71.9 Å². The molecule has 0 bridgehead atoms. The Hall–Kier alpha value is -3.72. The summed E-state index contributed by atoms with van der Waals surface area (Å²) in [5.74, 6) is 0.0418. The standard InChI is InChI=1S/C22H21N5O3S/c1-26-14-17(12-24-26)22(28)27(19-5-3-4-6-20(19)31(2,29)30)13-15-7-8-16-9-10-21(23)25-18(16)11-15/h3-12,14H,13H2,1-2H3,(H2,23,25). The van der Waals surface area contributed by atoms with E-state index in [2.05, 4.69) is 10.1 Å². The normalized spacial score (nSPS) is 11.5. The Kier molecular flexibility index (Phi) is 5.20. The second-order valence-corrected chi connectivity index (χ2v) is 9.28. The molecule has 2 aromatic heterocycles. The van der Waals surface area contributed by atoms with Gasteiger partial charge in [0.2, 0.25) is 0 Å². The van der Waals surface area contributed by atoms with Gasteiger partial charge < -0.3 is 10.6 Å². The first-order valence-corrected chi connectivity index (χ1v) is 11.4. The third kappa shape index (κ3) is 4.26. The maximum atomic E-state index is 13.4. The summed E-state index contributed by atoms with van der Waals surface area (Å²) in [7, 11) is -1.85. The number of benzene rings is 2. The lowest BCUT2D eigenvalue weighted by atomic mass is 10.1. The molecule has 0 radical (unpaired) electrons. The summed E-state index contributed by atoms with van der Waals surface area (Å²) < 4.78 is 26.3. The molecule has 2 aromatic carbocycles. The van der Waals surface area contributed by atoms with E-state index in [1.165, 1.54) is 21.8 Å². The van der Waals surface area contributed by atoms with Gasteiger partial charge in [0.1, 0.15) is 5.82 Å². The van der Waals surface area contributed by atoms with Gasteiger partial charge in [-0.05, 0) is 35.9 Å². The number of para-hydroxylation sites is 1. The van der Waals surface area contributed by atoms with Crippen LogP contribution in [0.2, 0.25) is 0 Å². The number of sulfone groups is 1. The van der Waals surface area contributed by atoms with Gasteiger partial charge in [-0.1, -0.05) is 24.3 Å². The topological polar surface area (TPSA) is 111 Å². The van der Waals surface area contributed by atoms with Gasteiger partial charge in [0, 0.05) is 24.9 Å². The van der Waals surface area contributed by atoms with Crippen molar-refractivity contribution in [1.29, 1.82) is 0 Å². The number of rotatable bonds is 5. The molecule has 31 heavy (non-hydrogen) atoms. The number of fused-ring (bicyclic) bond motifs is 1. The van der Waals surface area contributed by atoms with Crippen LogP contribution in [0.4, 0.5) is 11.5 Å². The minimum atomic E-state index is -3.57. The molecule has 4 aromatic rings. The van der Waals surface area contributed by atoms with Gasteiger partial charge in [-0.3, -0.25) is 9.48 Å². The van der Waals surface area contributed by atoms with Crippen molar-refractivity contribution in [2.24, 2.45) is 7.05 Å². The van der Waals surface area contributed by atoms with Gasteiger partial charge in [-0.2, -0.15) is 5.10 Å². The SMILES string of the molecule is Cn1cc(C(=O)N(Cc2ccc3ccc(N)nc3c2)c2ccccc2S(C)(=O)=O)cn1. The molecule has 158 valence electrons. The average Bonchev–Trinajstić information content (AvgIpc) is 3.17. The zero-order chi connectivity index (χ0) is 22.2. The first-order chi connectivity index (χ1) is 14.7. The molecule has 0 saturated carbocycles. The smallest absolute Gasteiger partial charge is 0.261 e. The summed E-state index contributed by atoms with van der Waals surface area (Å²) in [4.78, 5) is 19.3. The number of aryl methyl sites for hydroxylation is 1. The van der Waals surface area contributed by atoms with Gasteiger partial charge >= 0.3 is 0 Å². The van der Waals surface area contributed by atoms with Crippen LogP contribution in [0.5, 0.6) is 0 Å². The van der Waals surface area contributed by atoms with E-state index in [-0.39, 0.29) is 17.3 Å². The fraction of sp³-hybridized carbons (Fsp3) is 0.136. The van der Waals surface area contributed by atoms with Crippen molar-refractivity contribution in [3.8, 4) is 0 Å². The van der Waals surface area contributed by atoms with Gasteiger partial charge in [0.15, 0.2) is 9.84 Å². The highest BCUT2D eigenvalue weighted by Gasteiger charge is 2.25. The third-order valence-electron chi connectivity index (χ3n) is 4.87. The molecule has 0 fully saturated rings. The second kappa shape index (κ2) is 7.84. The lowest BCUT2D eigenvalue weighted by Gasteiger charge is -2.24. The maximum Gasteiger partial charge on any atom is 0.261 e. The van der Waals surface area contributed by atoms with Crippen LogP contribution >= 0.6 is 0 Å². The number of anilines is 2. The number of nitrogens with two attached hydrogens (primary N) is 1. The fourth-order valence-electron chi connectivity index (χ4n) is 3.41.